The molecule has 27 heavy (non-hydrogen) atoms. The van der Waals surface area contributed by atoms with Crippen LogP contribution in [-0.4, -0.2) is 59.5 Å². The molecule has 2 fully saturated rings. The maximum Gasteiger partial charge on any atom is 0.317 e. The van der Waals surface area contributed by atoms with Crippen molar-refractivity contribution in [3.05, 3.63) is 35.9 Å². The summed E-state index contributed by atoms with van der Waals surface area (Å²) in [5, 5.41) is 12.2. The third-order valence-electron chi connectivity index (χ3n) is 5.49. The maximum absolute atomic E-state index is 12.4. The summed E-state index contributed by atoms with van der Waals surface area (Å²) >= 11 is 0. The van der Waals surface area contributed by atoms with Crippen molar-refractivity contribution in [2.45, 2.75) is 25.8 Å². The Hall–Kier alpha value is -2.57. The van der Waals surface area contributed by atoms with Crippen LogP contribution < -0.4 is 5.32 Å². The summed E-state index contributed by atoms with van der Waals surface area (Å²) < 4.78 is 0. The minimum atomic E-state index is -0.807. The summed E-state index contributed by atoms with van der Waals surface area (Å²) in [7, 11) is 1.71. The zero-order valence-electron chi connectivity index (χ0n) is 15.6. The molecular weight excluding hydrogens is 346 g/mol. The lowest BCUT2D eigenvalue weighted by Gasteiger charge is -2.19. The minimum absolute atomic E-state index is 0.0815. The normalized spacial score (nSPS) is 21.7. The van der Waals surface area contributed by atoms with E-state index in [0.29, 0.717) is 19.0 Å². The fourth-order valence-electron chi connectivity index (χ4n) is 3.79. The number of hydrogen-bond acceptors (Lipinski definition) is 3. The number of hydrogen-bond donors (Lipinski definition) is 2. The van der Waals surface area contributed by atoms with Gasteiger partial charge in [-0.05, 0) is 30.2 Å². The fraction of sp³-hybridized carbons (Fsp3) is 0.550. The Bertz CT molecular complexity index is 690. The fourth-order valence-corrected chi connectivity index (χ4v) is 3.79. The van der Waals surface area contributed by atoms with Crippen molar-refractivity contribution in [3.63, 3.8) is 0 Å². The van der Waals surface area contributed by atoms with Gasteiger partial charge in [-0.2, -0.15) is 0 Å². The van der Waals surface area contributed by atoms with Gasteiger partial charge in [0.2, 0.25) is 5.91 Å². The predicted octanol–water partition coefficient (Wildman–Crippen LogP) is 1.79. The molecule has 1 saturated heterocycles. The van der Waals surface area contributed by atoms with Crippen LogP contribution >= 0.6 is 0 Å². The first kappa shape index (κ1) is 19.2. The number of carbonyl (C=O) groups excluding carboxylic acids is 2. The predicted molar refractivity (Wildman–Crippen MR) is 99.8 cm³/mol. The van der Waals surface area contributed by atoms with Gasteiger partial charge >= 0.3 is 12.0 Å². The first-order valence-electron chi connectivity index (χ1n) is 9.49. The van der Waals surface area contributed by atoms with Crippen molar-refractivity contribution in [3.8, 4) is 0 Å². The molecule has 1 heterocycles. The monoisotopic (exact) mass is 373 g/mol. The average Bonchev–Trinajstić information content (AvgIpc) is 3.39. The van der Waals surface area contributed by atoms with Crippen LogP contribution in [0.25, 0.3) is 0 Å². The van der Waals surface area contributed by atoms with E-state index in [1.165, 1.54) is 0 Å². The van der Waals surface area contributed by atoms with E-state index in [0.717, 1.165) is 18.4 Å². The number of carboxylic acid groups (broad SMARTS) is 1. The number of carboxylic acids is 1. The topological polar surface area (TPSA) is 90.0 Å². The number of benzene rings is 1. The molecule has 0 unspecified atom stereocenters. The molecule has 3 amide bonds. The minimum Gasteiger partial charge on any atom is -0.481 e. The molecule has 1 aromatic rings. The van der Waals surface area contributed by atoms with Gasteiger partial charge in [0.05, 0.1) is 5.92 Å². The Morgan fingerprint density at radius 2 is 1.89 bits per heavy atom. The zero-order chi connectivity index (χ0) is 19.4. The van der Waals surface area contributed by atoms with Crippen LogP contribution in [0.1, 0.15) is 24.8 Å². The van der Waals surface area contributed by atoms with Crippen molar-refractivity contribution in [1.29, 1.82) is 0 Å². The quantitative estimate of drug-likeness (QED) is 0.762. The van der Waals surface area contributed by atoms with Gasteiger partial charge in [0.25, 0.3) is 0 Å². The molecular formula is C20H27N3O4. The molecule has 0 spiro atoms. The second-order valence-electron chi connectivity index (χ2n) is 7.57. The number of rotatable bonds is 7. The highest BCUT2D eigenvalue weighted by Crippen LogP contribution is 2.44. The number of likely N-dealkylation sites (tertiary alicyclic amines) is 1. The van der Waals surface area contributed by atoms with E-state index in [4.69, 9.17) is 0 Å². The van der Waals surface area contributed by atoms with E-state index in [1.807, 2.05) is 30.3 Å². The van der Waals surface area contributed by atoms with Gasteiger partial charge in [0.1, 0.15) is 0 Å². The number of urea groups is 1. The van der Waals surface area contributed by atoms with Crippen molar-refractivity contribution in [2.24, 2.45) is 17.8 Å². The number of nitrogens with one attached hydrogen (secondary N) is 1. The van der Waals surface area contributed by atoms with Gasteiger partial charge in [-0.3, -0.25) is 9.59 Å². The molecule has 1 aliphatic carbocycles. The van der Waals surface area contributed by atoms with Crippen LogP contribution in [0.4, 0.5) is 4.79 Å². The number of amides is 3. The van der Waals surface area contributed by atoms with Gasteiger partial charge in [0, 0.05) is 39.6 Å². The largest absolute Gasteiger partial charge is 0.481 e. The smallest absolute Gasteiger partial charge is 0.317 e. The first-order valence-corrected chi connectivity index (χ1v) is 9.49. The van der Waals surface area contributed by atoms with E-state index in [-0.39, 0.29) is 37.4 Å². The van der Waals surface area contributed by atoms with Crippen LogP contribution in [0.2, 0.25) is 0 Å². The highest BCUT2D eigenvalue weighted by Gasteiger charge is 2.46. The lowest BCUT2D eigenvalue weighted by Crippen LogP contribution is -2.39. The molecule has 2 aliphatic rings. The van der Waals surface area contributed by atoms with Crippen LogP contribution in [0, 0.1) is 17.8 Å². The SMILES string of the molecule is CN(Cc1ccccc1)C(=O)NCCC(=O)N1C[C@H](C(=O)O)[C@@H](C2CC2)C1. The Labute approximate surface area is 159 Å². The molecule has 146 valence electrons. The summed E-state index contributed by atoms with van der Waals surface area (Å²) in [4.78, 5) is 39.2. The molecule has 2 N–H and O–H groups in total. The summed E-state index contributed by atoms with van der Waals surface area (Å²) in [5.41, 5.74) is 1.04. The Balaban J connectivity index is 1.41. The highest BCUT2D eigenvalue weighted by molar-refractivity contribution is 5.80. The van der Waals surface area contributed by atoms with Crippen LogP contribution in [0.5, 0.6) is 0 Å². The molecule has 1 saturated carbocycles. The maximum atomic E-state index is 12.4. The molecule has 2 atom stereocenters. The Morgan fingerprint density at radius 1 is 1.19 bits per heavy atom. The molecule has 3 rings (SSSR count). The first-order chi connectivity index (χ1) is 13.0. The van der Waals surface area contributed by atoms with Crippen molar-refractivity contribution in [1.82, 2.24) is 15.1 Å². The third kappa shape index (κ3) is 4.99. The van der Waals surface area contributed by atoms with E-state index in [2.05, 4.69) is 5.32 Å². The van der Waals surface area contributed by atoms with Gasteiger partial charge in [-0.15, -0.1) is 0 Å². The van der Waals surface area contributed by atoms with Crippen LogP contribution in [-0.2, 0) is 16.1 Å². The van der Waals surface area contributed by atoms with E-state index >= 15 is 0 Å². The summed E-state index contributed by atoms with van der Waals surface area (Å²) in [6.45, 7) is 1.56. The van der Waals surface area contributed by atoms with Crippen LogP contribution in [0.15, 0.2) is 30.3 Å². The number of nitrogens with zero attached hydrogens (tertiary/aromatic N) is 2. The molecule has 0 bridgehead atoms. The van der Waals surface area contributed by atoms with Crippen molar-refractivity contribution in [2.75, 3.05) is 26.7 Å². The molecule has 0 radical (unpaired) electrons. The summed E-state index contributed by atoms with van der Waals surface area (Å²) in [6, 6.07) is 9.46. The van der Waals surface area contributed by atoms with Gasteiger partial charge in [-0.25, -0.2) is 4.79 Å². The van der Waals surface area contributed by atoms with E-state index < -0.39 is 11.9 Å². The second kappa shape index (κ2) is 8.41. The number of aliphatic carboxylic acids is 1. The van der Waals surface area contributed by atoms with Crippen LogP contribution in [0.3, 0.4) is 0 Å². The zero-order valence-corrected chi connectivity index (χ0v) is 15.6. The van der Waals surface area contributed by atoms with Gasteiger partial charge in [-0.1, -0.05) is 30.3 Å². The number of carbonyl (C=O) groups is 3. The van der Waals surface area contributed by atoms with Gasteiger partial charge < -0.3 is 20.2 Å². The van der Waals surface area contributed by atoms with Gasteiger partial charge in [0.15, 0.2) is 0 Å². The van der Waals surface area contributed by atoms with Crippen molar-refractivity contribution >= 4 is 17.9 Å². The Kier molecular flexibility index (Phi) is 5.98. The lowest BCUT2D eigenvalue weighted by molar-refractivity contribution is -0.142. The second-order valence-corrected chi connectivity index (χ2v) is 7.57. The lowest BCUT2D eigenvalue weighted by atomic mass is 9.92. The molecule has 0 aromatic heterocycles. The highest BCUT2D eigenvalue weighted by atomic mass is 16.4. The molecule has 7 nitrogen and oxygen atoms in total. The van der Waals surface area contributed by atoms with E-state index in [9.17, 15) is 19.5 Å². The third-order valence-corrected chi connectivity index (χ3v) is 5.49. The summed E-state index contributed by atoms with van der Waals surface area (Å²) in [6.07, 6.45) is 2.33. The van der Waals surface area contributed by atoms with Crippen molar-refractivity contribution < 1.29 is 19.5 Å². The Morgan fingerprint density at radius 3 is 2.52 bits per heavy atom. The molecule has 1 aliphatic heterocycles. The summed E-state index contributed by atoms with van der Waals surface area (Å²) in [5.74, 6) is -0.810. The average molecular weight is 373 g/mol. The standard InChI is InChI=1S/C20H27N3O4/c1-22(11-14-5-3-2-4-6-14)20(27)21-10-9-18(24)23-12-16(15-7-8-15)17(13-23)19(25)26/h2-6,15-17H,7-13H2,1H3,(H,21,27)(H,25,26)/t16-,17+/m1/s1. The van der Waals surface area contributed by atoms with E-state index in [1.54, 1.807) is 16.8 Å². The molecule has 7 heteroatoms. The molecule has 1 aromatic carbocycles.